The van der Waals surface area contributed by atoms with Gasteiger partial charge in [0.15, 0.2) is 17.4 Å². The summed E-state index contributed by atoms with van der Waals surface area (Å²) in [5.74, 6) is 0.245. The molecule has 12 nitrogen and oxygen atoms in total. The van der Waals surface area contributed by atoms with Crippen LogP contribution in [0.2, 0.25) is 0 Å². The van der Waals surface area contributed by atoms with Crippen LogP contribution in [0, 0.1) is 0 Å². The summed E-state index contributed by atoms with van der Waals surface area (Å²) in [5.41, 5.74) is 16.6. The molecule has 0 radical (unpaired) electrons. The van der Waals surface area contributed by atoms with Crippen molar-refractivity contribution in [3.8, 4) is 5.88 Å². The van der Waals surface area contributed by atoms with Crippen LogP contribution in [0.25, 0.3) is 21.6 Å². The zero-order valence-corrected chi connectivity index (χ0v) is 16.8. The first kappa shape index (κ1) is 20.8. The largest absolute Gasteiger partial charge is 0.471 e. The lowest BCUT2D eigenvalue weighted by Gasteiger charge is -2.21. The summed E-state index contributed by atoms with van der Waals surface area (Å²) < 4.78 is 19.2. The molecule has 0 amide bonds. The first-order chi connectivity index (χ1) is 15.2. The number of imidazole rings is 1. The number of nitrogens with zero attached hydrogens (tertiary/aromatic N) is 7. The van der Waals surface area contributed by atoms with Gasteiger partial charge >= 0.3 is 0 Å². The van der Waals surface area contributed by atoms with E-state index >= 15 is 0 Å². The summed E-state index contributed by atoms with van der Waals surface area (Å²) in [5, 5.41) is 13.5. The van der Waals surface area contributed by atoms with Crippen molar-refractivity contribution in [1.82, 2.24) is 19.5 Å². The summed E-state index contributed by atoms with van der Waals surface area (Å²) >= 11 is 0. The first-order valence-electron chi connectivity index (χ1n) is 9.75. The fraction of sp³-hybridized carbons (Fsp3) is 0.421. The number of aromatic nitrogens is 4. The molecular weight excluding hydrogens is 404 g/mol. The van der Waals surface area contributed by atoms with E-state index in [-0.39, 0.29) is 25.0 Å². The number of rotatable bonds is 8. The van der Waals surface area contributed by atoms with E-state index in [0.29, 0.717) is 17.8 Å². The van der Waals surface area contributed by atoms with Crippen LogP contribution >= 0.6 is 0 Å². The number of fused-ring (bicyclic) bond motifs is 1. The molecule has 1 unspecified atom stereocenters. The molecular formula is C19H22N8O4. The number of aliphatic hydroxyl groups excluding tert-OH is 1. The fourth-order valence-electron chi connectivity index (χ4n) is 3.58. The van der Waals surface area contributed by atoms with E-state index in [1.807, 2.05) is 37.3 Å². The third kappa shape index (κ3) is 4.09. The van der Waals surface area contributed by atoms with Crippen molar-refractivity contribution < 1.29 is 19.3 Å². The molecule has 0 spiro atoms. The minimum Gasteiger partial charge on any atom is -0.471 e. The number of nitrogens with two attached hydrogens (primary N) is 1. The van der Waals surface area contributed by atoms with E-state index in [2.05, 4.69) is 25.0 Å². The Balaban J connectivity index is 1.69. The molecule has 31 heavy (non-hydrogen) atoms. The van der Waals surface area contributed by atoms with Crippen molar-refractivity contribution in [2.45, 2.75) is 38.0 Å². The Hall–Kier alpha value is -3.44. The van der Waals surface area contributed by atoms with Crippen LogP contribution in [0.1, 0.15) is 18.7 Å². The Kier molecular flexibility index (Phi) is 6.14. The monoisotopic (exact) mass is 426 g/mol. The van der Waals surface area contributed by atoms with Gasteiger partial charge < -0.3 is 25.1 Å². The predicted octanol–water partition coefficient (Wildman–Crippen LogP) is 1.96. The highest BCUT2D eigenvalue weighted by atomic mass is 16.6. The molecule has 3 N–H and O–H groups in total. The van der Waals surface area contributed by atoms with Gasteiger partial charge in [0.2, 0.25) is 11.8 Å². The van der Waals surface area contributed by atoms with Crippen molar-refractivity contribution >= 4 is 17.1 Å². The standard InChI is InChI=1S/C19H22N8O4/c1-2-29-15-13(25-26-21)12(8-28)31-18(15)27-10-22-14-16(27)23-19(20)24-17(14)30-9-11-6-4-3-5-7-11/h3-7,10,12-13,15,18,28H,2,8-9H2,1H3,(H2,20,23,24)/t12-,13?,15-,18-/m1/s1. The van der Waals surface area contributed by atoms with Crippen LogP contribution in [-0.4, -0.2) is 56.1 Å². The van der Waals surface area contributed by atoms with Gasteiger partial charge in [-0.1, -0.05) is 35.4 Å². The van der Waals surface area contributed by atoms with E-state index in [1.165, 1.54) is 6.33 Å². The highest BCUT2D eigenvalue weighted by Gasteiger charge is 2.46. The maximum Gasteiger partial charge on any atom is 0.247 e. The number of nitrogen functional groups attached to an aromatic ring is 1. The Labute approximate surface area is 177 Å². The predicted molar refractivity (Wildman–Crippen MR) is 110 cm³/mol. The maximum absolute atomic E-state index is 9.69. The SMILES string of the molecule is CCO[C@@H]1C(N=[N+]=[N-])[C@@H](CO)O[C@H]1n1cnc2c(OCc3ccccc3)nc(N)nc21. The molecule has 1 aromatic carbocycles. The maximum atomic E-state index is 9.69. The number of ether oxygens (including phenoxy) is 3. The third-order valence-corrected chi connectivity index (χ3v) is 4.94. The number of hydrogen-bond donors (Lipinski definition) is 2. The molecule has 3 heterocycles. The lowest BCUT2D eigenvalue weighted by Crippen LogP contribution is -2.34. The fourth-order valence-corrected chi connectivity index (χ4v) is 3.58. The second-order valence-corrected chi connectivity index (χ2v) is 6.85. The Morgan fingerprint density at radius 1 is 1.32 bits per heavy atom. The molecule has 4 rings (SSSR count). The molecule has 1 aliphatic rings. The second-order valence-electron chi connectivity index (χ2n) is 6.85. The molecule has 0 bridgehead atoms. The van der Waals surface area contributed by atoms with Gasteiger partial charge in [0.05, 0.1) is 25.1 Å². The van der Waals surface area contributed by atoms with Crippen molar-refractivity contribution in [3.05, 3.63) is 52.7 Å². The summed E-state index contributed by atoms with van der Waals surface area (Å²) in [6, 6.07) is 8.91. The number of benzene rings is 1. The second kappa shape index (κ2) is 9.14. The minimum absolute atomic E-state index is 0.00794. The van der Waals surface area contributed by atoms with Gasteiger partial charge in [-0.2, -0.15) is 9.97 Å². The molecule has 1 saturated heterocycles. The highest BCUT2D eigenvalue weighted by molar-refractivity contribution is 5.77. The molecule has 4 atom stereocenters. The highest BCUT2D eigenvalue weighted by Crippen LogP contribution is 2.36. The molecule has 3 aromatic rings. The summed E-state index contributed by atoms with van der Waals surface area (Å²) in [4.78, 5) is 15.7. The number of aliphatic hydroxyl groups is 1. The number of anilines is 1. The van der Waals surface area contributed by atoms with Crippen molar-refractivity contribution in [2.75, 3.05) is 18.9 Å². The van der Waals surface area contributed by atoms with Gasteiger partial charge in [-0.05, 0) is 18.0 Å². The Bertz CT molecular complexity index is 1090. The normalized spacial score (nSPS) is 23.0. The van der Waals surface area contributed by atoms with E-state index in [0.717, 1.165) is 5.56 Å². The quantitative estimate of drug-likeness (QED) is 0.313. The molecule has 162 valence electrons. The molecule has 2 aromatic heterocycles. The lowest BCUT2D eigenvalue weighted by atomic mass is 10.1. The lowest BCUT2D eigenvalue weighted by molar-refractivity contribution is -0.0666. The Morgan fingerprint density at radius 2 is 2.13 bits per heavy atom. The Morgan fingerprint density at radius 3 is 2.84 bits per heavy atom. The topological polar surface area (TPSA) is 166 Å². The van der Waals surface area contributed by atoms with Crippen molar-refractivity contribution in [3.63, 3.8) is 0 Å². The van der Waals surface area contributed by atoms with Crippen LogP contribution in [0.5, 0.6) is 5.88 Å². The van der Waals surface area contributed by atoms with E-state index in [1.54, 1.807) is 4.57 Å². The summed E-state index contributed by atoms with van der Waals surface area (Å²) in [6.45, 7) is 2.12. The smallest absolute Gasteiger partial charge is 0.247 e. The van der Waals surface area contributed by atoms with Crippen molar-refractivity contribution in [1.29, 1.82) is 0 Å². The zero-order valence-electron chi connectivity index (χ0n) is 16.8. The van der Waals surface area contributed by atoms with Crippen LogP contribution < -0.4 is 10.5 Å². The number of azide groups is 1. The van der Waals surface area contributed by atoms with Gasteiger partial charge in [-0.25, -0.2) is 4.98 Å². The van der Waals surface area contributed by atoms with E-state index in [9.17, 15) is 5.11 Å². The molecule has 1 aliphatic heterocycles. The van der Waals surface area contributed by atoms with Crippen LogP contribution in [0.4, 0.5) is 5.95 Å². The summed E-state index contributed by atoms with van der Waals surface area (Å²) in [7, 11) is 0. The summed E-state index contributed by atoms with van der Waals surface area (Å²) in [6.07, 6.45) is -0.616. The van der Waals surface area contributed by atoms with E-state index < -0.39 is 24.5 Å². The molecule has 0 saturated carbocycles. The van der Waals surface area contributed by atoms with Gasteiger partial charge in [-0.3, -0.25) is 4.57 Å². The van der Waals surface area contributed by atoms with Crippen LogP contribution in [0.15, 0.2) is 41.8 Å². The van der Waals surface area contributed by atoms with Crippen molar-refractivity contribution in [2.24, 2.45) is 5.11 Å². The number of hydrogen-bond acceptors (Lipinski definition) is 9. The molecule has 1 fully saturated rings. The van der Waals surface area contributed by atoms with Gasteiger partial charge in [0.1, 0.15) is 12.7 Å². The van der Waals surface area contributed by atoms with Crippen LogP contribution in [0.3, 0.4) is 0 Å². The average molecular weight is 426 g/mol. The van der Waals surface area contributed by atoms with E-state index in [4.69, 9.17) is 25.5 Å². The minimum atomic E-state index is -0.742. The van der Waals surface area contributed by atoms with Gasteiger partial charge in [0.25, 0.3) is 0 Å². The van der Waals surface area contributed by atoms with Crippen LogP contribution in [-0.2, 0) is 16.1 Å². The molecule has 0 aliphatic carbocycles. The van der Waals surface area contributed by atoms with Gasteiger partial charge in [0, 0.05) is 11.5 Å². The zero-order chi connectivity index (χ0) is 21.8. The first-order valence-corrected chi connectivity index (χ1v) is 9.75. The average Bonchev–Trinajstić information content (AvgIpc) is 3.35. The molecule has 12 heteroatoms. The van der Waals surface area contributed by atoms with Gasteiger partial charge in [-0.15, -0.1) is 0 Å². The third-order valence-electron chi connectivity index (χ3n) is 4.94.